The number of para-hydroxylation sites is 2. The number of benzene rings is 2. The predicted octanol–water partition coefficient (Wildman–Crippen LogP) is 4.06. The van der Waals surface area contributed by atoms with Gasteiger partial charge >= 0.3 is 0 Å². The van der Waals surface area contributed by atoms with Crippen LogP contribution in [0.15, 0.2) is 59.9 Å². The van der Waals surface area contributed by atoms with Crippen molar-refractivity contribution >= 4 is 34.3 Å². The van der Waals surface area contributed by atoms with Crippen LogP contribution in [0, 0.1) is 6.92 Å². The van der Waals surface area contributed by atoms with Gasteiger partial charge in [0.15, 0.2) is 0 Å². The van der Waals surface area contributed by atoms with E-state index in [2.05, 4.69) is 15.3 Å². The van der Waals surface area contributed by atoms with Crippen LogP contribution in [0.5, 0.6) is 0 Å². The van der Waals surface area contributed by atoms with Crippen molar-refractivity contribution in [2.75, 3.05) is 5.32 Å². The van der Waals surface area contributed by atoms with Gasteiger partial charge in [-0.3, -0.25) is 4.79 Å². The molecule has 0 bridgehead atoms. The van der Waals surface area contributed by atoms with Crippen molar-refractivity contribution in [3.05, 3.63) is 60.4 Å². The topological polar surface area (TPSA) is 54.9 Å². The number of fused-ring (bicyclic) bond motifs is 1. The number of rotatable bonds is 4. The Labute approximate surface area is 139 Å². The van der Waals surface area contributed by atoms with Gasteiger partial charge in [-0.1, -0.05) is 48.2 Å². The maximum absolute atomic E-state index is 12.4. The second kappa shape index (κ2) is 6.79. The standard InChI is InChI=1S/C18H17N3OS/c1-12-7-3-5-9-15(12)21-17(22)13(2)23-18-14-8-4-6-10-16(14)19-11-20-18/h3-11,13H,1-2H3,(H,21,22). The van der Waals surface area contributed by atoms with Crippen molar-refractivity contribution in [2.24, 2.45) is 0 Å². The Bertz CT molecular complexity index is 845. The highest BCUT2D eigenvalue weighted by atomic mass is 32.2. The molecule has 1 aromatic heterocycles. The Morgan fingerprint density at radius 3 is 2.65 bits per heavy atom. The molecule has 1 amide bonds. The first-order valence-corrected chi connectivity index (χ1v) is 8.26. The monoisotopic (exact) mass is 323 g/mol. The van der Waals surface area contributed by atoms with Crippen LogP contribution >= 0.6 is 11.8 Å². The molecule has 1 unspecified atom stereocenters. The van der Waals surface area contributed by atoms with Gasteiger partial charge < -0.3 is 5.32 Å². The van der Waals surface area contributed by atoms with E-state index >= 15 is 0 Å². The molecular weight excluding hydrogens is 306 g/mol. The minimum Gasteiger partial charge on any atom is -0.325 e. The summed E-state index contributed by atoms with van der Waals surface area (Å²) in [4.78, 5) is 21.0. The molecule has 23 heavy (non-hydrogen) atoms. The van der Waals surface area contributed by atoms with Gasteiger partial charge in [0.1, 0.15) is 11.4 Å². The lowest BCUT2D eigenvalue weighted by Gasteiger charge is -2.13. The zero-order valence-corrected chi connectivity index (χ0v) is 13.8. The fraction of sp³-hybridized carbons (Fsp3) is 0.167. The number of hydrogen-bond acceptors (Lipinski definition) is 4. The summed E-state index contributed by atoms with van der Waals surface area (Å²) >= 11 is 1.44. The number of aryl methyl sites for hydroxylation is 1. The number of anilines is 1. The van der Waals surface area contributed by atoms with Crippen LogP contribution in [0.4, 0.5) is 5.69 Å². The summed E-state index contributed by atoms with van der Waals surface area (Å²) < 4.78 is 0. The van der Waals surface area contributed by atoms with E-state index in [1.54, 1.807) is 0 Å². The molecule has 0 aliphatic carbocycles. The number of nitrogens with zero attached hydrogens (tertiary/aromatic N) is 2. The van der Waals surface area contributed by atoms with Crippen molar-refractivity contribution in [3.63, 3.8) is 0 Å². The van der Waals surface area contributed by atoms with E-state index in [1.807, 2.05) is 62.4 Å². The smallest absolute Gasteiger partial charge is 0.237 e. The number of amides is 1. The molecule has 0 fully saturated rings. The van der Waals surface area contributed by atoms with Crippen molar-refractivity contribution in [2.45, 2.75) is 24.1 Å². The number of aromatic nitrogens is 2. The van der Waals surface area contributed by atoms with Crippen LogP contribution in [0.25, 0.3) is 10.9 Å². The lowest BCUT2D eigenvalue weighted by molar-refractivity contribution is -0.115. The highest BCUT2D eigenvalue weighted by Crippen LogP contribution is 2.28. The van der Waals surface area contributed by atoms with Crippen LogP contribution in [-0.2, 0) is 4.79 Å². The van der Waals surface area contributed by atoms with Gasteiger partial charge in [0.2, 0.25) is 5.91 Å². The van der Waals surface area contributed by atoms with Crippen LogP contribution in [0.1, 0.15) is 12.5 Å². The summed E-state index contributed by atoms with van der Waals surface area (Å²) in [6.45, 7) is 3.86. The molecule has 0 saturated carbocycles. The summed E-state index contributed by atoms with van der Waals surface area (Å²) in [6, 6.07) is 15.6. The van der Waals surface area contributed by atoms with Crippen molar-refractivity contribution in [1.82, 2.24) is 9.97 Å². The van der Waals surface area contributed by atoms with Gasteiger partial charge in [-0.2, -0.15) is 0 Å². The molecule has 2 aromatic carbocycles. The number of thioether (sulfide) groups is 1. The normalized spacial score (nSPS) is 12.1. The first-order valence-electron chi connectivity index (χ1n) is 7.38. The van der Waals surface area contributed by atoms with Gasteiger partial charge in [0, 0.05) is 11.1 Å². The van der Waals surface area contributed by atoms with Gasteiger partial charge in [0.05, 0.1) is 10.8 Å². The molecule has 0 aliphatic heterocycles. The Balaban J connectivity index is 1.77. The first-order chi connectivity index (χ1) is 11.1. The zero-order chi connectivity index (χ0) is 16.2. The molecule has 1 atom stereocenters. The number of hydrogen-bond donors (Lipinski definition) is 1. The quantitative estimate of drug-likeness (QED) is 0.581. The molecule has 0 aliphatic rings. The second-order valence-corrected chi connectivity index (χ2v) is 6.59. The van der Waals surface area contributed by atoms with E-state index in [9.17, 15) is 4.79 Å². The number of carbonyl (C=O) groups excluding carboxylic acids is 1. The fourth-order valence-corrected chi connectivity index (χ4v) is 3.15. The predicted molar refractivity (Wildman–Crippen MR) is 94.7 cm³/mol. The first kappa shape index (κ1) is 15.5. The fourth-order valence-electron chi connectivity index (χ4n) is 2.24. The van der Waals surface area contributed by atoms with E-state index < -0.39 is 0 Å². The zero-order valence-electron chi connectivity index (χ0n) is 13.0. The van der Waals surface area contributed by atoms with Crippen LogP contribution in [-0.4, -0.2) is 21.1 Å². The second-order valence-electron chi connectivity index (χ2n) is 5.26. The maximum Gasteiger partial charge on any atom is 0.237 e. The third-order valence-electron chi connectivity index (χ3n) is 3.57. The minimum atomic E-state index is -0.257. The van der Waals surface area contributed by atoms with E-state index in [0.717, 1.165) is 27.2 Å². The highest BCUT2D eigenvalue weighted by molar-refractivity contribution is 8.00. The summed E-state index contributed by atoms with van der Waals surface area (Å²) in [7, 11) is 0. The molecular formula is C18H17N3OS. The van der Waals surface area contributed by atoms with Crippen LogP contribution in [0.2, 0.25) is 0 Å². The lowest BCUT2D eigenvalue weighted by atomic mass is 10.2. The van der Waals surface area contributed by atoms with Crippen molar-refractivity contribution in [3.8, 4) is 0 Å². The molecule has 116 valence electrons. The SMILES string of the molecule is Cc1ccccc1NC(=O)C(C)Sc1ncnc2ccccc12. The molecule has 0 spiro atoms. The third-order valence-corrected chi connectivity index (χ3v) is 4.68. The molecule has 3 rings (SSSR count). The number of carbonyl (C=O) groups is 1. The molecule has 3 aromatic rings. The molecule has 0 saturated heterocycles. The Hall–Kier alpha value is -2.40. The van der Waals surface area contributed by atoms with Crippen molar-refractivity contribution in [1.29, 1.82) is 0 Å². The van der Waals surface area contributed by atoms with Gasteiger partial charge in [-0.25, -0.2) is 9.97 Å². The molecule has 5 heteroatoms. The average Bonchev–Trinajstić information content (AvgIpc) is 2.57. The summed E-state index contributed by atoms with van der Waals surface area (Å²) in [6.07, 6.45) is 1.54. The minimum absolute atomic E-state index is 0.0352. The summed E-state index contributed by atoms with van der Waals surface area (Å²) in [5.41, 5.74) is 2.78. The largest absolute Gasteiger partial charge is 0.325 e. The van der Waals surface area contributed by atoms with Gasteiger partial charge in [-0.05, 0) is 31.5 Å². The van der Waals surface area contributed by atoms with E-state index in [1.165, 1.54) is 18.1 Å². The number of nitrogens with one attached hydrogen (secondary N) is 1. The van der Waals surface area contributed by atoms with E-state index in [4.69, 9.17) is 0 Å². The highest BCUT2D eigenvalue weighted by Gasteiger charge is 2.17. The van der Waals surface area contributed by atoms with Crippen molar-refractivity contribution < 1.29 is 4.79 Å². The summed E-state index contributed by atoms with van der Waals surface area (Å²) in [5, 5.41) is 4.51. The molecule has 1 heterocycles. The maximum atomic E-state index is 12.4. The Morgan fingerprint density at radius 2 is 1.83 bits per heavy atom. The van der Waals surface area contributed by atoms with Gasteiger partial charge in [-0.15, -0.1) is 0 Å². The molecule has 0 radical (unpaired) electrons. The van der Waals surface area contributed by atoms with Crippen LogP contribution < -0.4 is 5.32 Å². The Morgan fingerprint density at radius 1 is 1.09 bits per heavy atom. The average molecular weight is 323 g/mol. The molecule has 1 N–H and O–H groups in total. The summed E-state index contributed by atoms with van der Waals surface area (Å²) in [5.74, 6) is -0.0352. The van der Waals surface area contributed by atoms with E-state index in [-0.39, 0.29) is 11.2 Å². The lowest BCUT2D eigenvalue weighted by Crippen LogP contribution is -2.23. The van der Waals surface area contributed by atoms with Gasteiger partial charge in [0.25, 0.3) is 0 Å². The molecule has 4 nitrogen and oxygen atoms in total. The van der Waals surface area contributed by atoms with Crippen LogP contribution in [0.3, 0.4) is 0 Å². The Kier molecular flexibility index (Phi) is 4.57. The third kappa shape index (κ3) is 3.51. The van der Waals surface area contributed by atoms with E-state index in [0.29, 0.717) is 0 Å².